The second-order valence-corrected chi connectivity index (χ2v) is 8.18. The van der Waals surface area contributed by atoms with Crippen molar-refractivity contribution in [3.63, 3.8) is 0 Å². The van der Waals surface area contributed by atoms with E-state index in [9.17, 15) is 24.5 Å². The predicted octanol–water partition coefficient (Wildman–Crippen LogP) is 3.51. The lowest BCUT2D eigenvalue weighted by Gasteiger charge is -2.33. The highest BCUT2D eigenvalue weighted by atomic mass is 16.6. The number of nitro benzene ring substituents is 1. The smallest absolute Gasteiger partial charge is 0.317 e. The Morgan fingerprint density at radius 2 is 1.79 bits per heavy atom. The Labute approximate surface area is 194 Å². The SMILES string of the molecule is CC1=Nc2cc(=O)n(C(=O)c3ccccc3)n2C(c2cccc([N+](=O)[O-])c2)C1C(=O)OC(C)C. The first-order chi connectivity index (χ1) is 16.2. The quantitative estimate of drug-likeness (QED) is 0.324. The summed E-state index contributed by atoms with van der Waals surface area (Å²) in [5.74, 6) is -2.08. The molecule has 0 saturated heterocycles. The van der Waals surface area contributed by atoms with Gasteiger partial charge in [-0.25, -0.2) is 9.67 Å². The van der Waals surface area contributed by atoms with Gasteiger partial charge in [0, 0.05) is 29.5 Å². The van der Waals surface area contributed by atoms with E-state index in [2.05, 4.69) is 4.99 Å². The van der Waals surface area contributed by atoms with Gasteiger partial charge in [0.1, 0.15) is 5.92 Å². The zero-order chi connectivity index (χ0) is 24.6. The van der Waals surface area contributed by atoms with Crippen LogP contribution in [0.4, 0.5) is 11.5 Å². The number of aliphatic imine (C=N–C) groups is 1. The molecule has 2 unspecified atom stereocenters. The highest BCUT2D eigenvalue weighted by Crippen LogP contribution is 2.38. The van der Waals surface area contributed by atoms with E-state index in [-0.39, 0.29) is 17.1 Å². The van der Waals surface area contributed by atoms with Gasteiger partial charge in [0.2, 0.25) is 0 Å². The molecule has 0 fully saturated rings. The minimum absolute atomic E-state index is 0.164. The molecule has 1 aromatic heterocycles. The van der Waals surface area contributed by atoms with Crippen LogP contribution in [0.2, 0.25) is 0 Å². The fraction of sp³-hybridized carbons (Fsp3) is 0.250. The number of hydrogen-bond donors (Lipinski definition) is 0. The van der Waals surface area contributed by atoms with E-state index < -0.39 is 40.4 Å². The average Bonchev–Trinajstić information content (AvgIpc) is 3.12. The van der Waals surface area contributed by atoms with Crippen LogP contribution in [-0.4, -0.2) is 38.0 Å². The second kappa shape index (κ2) is 8.89. The zero-order valence-electron chi connectivity index (χ0n) is 18.7. The molecule has 10 heteroatoms. The fourth-order valence-electron chi connectivity index (χ4n) is 4.08. The van der Waals surface area contributed by atoms with Crippen molar-refractivity contribution in [3.8, 4) is 0 Å². The molecule has 2 aromatic carbocycles. The van der Waals surface area contributed by atoms with Gasteiger partial charge in [-0.05, 0) is 38.5 Å². The Bertz CT molecular complexity index is 1370. The van der Waals surface area contributed by atoms with Crippen LogP contribution in [0.5, 0.6) is 0 Å². The fourth-order valence-corrected chi connectivity index (χ4v) is 4.08. The standard InChI is InChI=1S/C24H22N4O6/c1-14(2)34-24(31)21-15(3)25-19-13-20(29)27(23(30)16-8-5-4-6-9-16)26(19)22(21)17-10-7-11-18(12-17)28(32)33/h4-14,21-22H,1-3H3. The predicted molar refractivity (Wildman–Crippen MR) is 124 cm³/mol. The number of non-ortho nitro benzene ring substituents is 1. The number of nitro groups is 1. The summed E-state index contributed by atoms with van der Waals surface area (Å²) in [6.45, 7) is 5.03. The highest BCUT2D eigenvalue weighted by Gasteiger charge is 2.42. The molecule has 0 aliphatic carbocycles. The van der Waals surface area contributed by atoms with E-state index >= 15 is 0 Å². The minimum atomic E-state index is -1.02. The molecule has 0 bridgehead atoms. The number of ether oxygens (including phenoxy) is 1. The van der Waals surface area contributed by atoms with Crippen LogP contribution in [0.1, 0.15) is 42.7 Å². The number of rotatable bonds is 5. The van der Waals surface area contributed by atoms with E-state index in [1.54, 1.807) is 57.2 Å². The molecule has 0 saturated carbocycles. The molecule has 0 N–H and O–H groups in total. The number of esters is 1. The summed E-state index contributed by atoms with van der Waals surface area (Å²) in [6.07, 6.45) is -0.426. The first kappa shape index (κ1) is 22.8. The van der Waals surface area contributed by atoms with E-state index in [1.807, 2.05) is 0 Å². The summed E-state index contributed by atoms with van der Waals surface area (Å²) in [7, 11) is 0. The molecular weight excluding hydrogens is 440 g/mol. The third-order valence-corrected chi connectivity index (χ3v) is 5.47. The minimum Gasteiger partial charge on any atom is -0.462 e. The van der Waals surface area contributed by atoms with Gasteiger partial charge in [0.25, 0.3) is 17.2 Å². The summed E-state index contributed by atoms with van der Waals surface area (Å²) in [5, 5.41) is 11.4. The largest absolute Gasteiger partial charge is 0.462 e. The van der Waals surface area contributed by atoms with Crippen molar-refractivity contribution in [1.82, 2.24) is 9.36 Å². The first-order valence-electron chi connectivity index (χ1n) is 10.6. The molecule has 2 atom stereocenters. The summed E-state index contributed by atoms with van der Waals surface area (Å²) in [4.78, 5) is 54.8. The van der Waals surface area contributed by atoms with Crippen LogP contribution in [0, 0.1) is 16.0 Å². The van der Waals surface area contributed by atoms with Crippen LogP contribution < -0.4 is 5.56 Å². The number of benzene rings is 2. The number of fused-ring (bicyclic) bond motifs is 1. The molecule has 1 aliphatic heterocycles. The lowest BCUT2D eigenvalue weighted by atomic mass is 9.88. The van der Waals surface area contributed by atoms with E-state index in [0.29, 0.717) is 11.3 Å². The summed E-state index contributed by atoms with van der Waals surface area (Å²) in [6, 6.07) is 14.2. The van der Waals surface area contributed by atoms with E-state index in [1.165, 1.54) is 28.9 Å². The molecule has 0 amide bonds. The monoisotopic (exact) mass is 462 g/mol. The van der Waals surface area contributed by atoms with Gasteiger partial charge >= 0.3 is 5.97 Å². The number of carbonyl (C=O) groups is 2. The van der Waals surface area contributed by atoms with Gasteiger partial charge in [-0.1, -0.05) is 30.3 Å². The Hall–Kier alpha value is -4.34. The van der Waals surface area contributed by atoms with Gasteiger partial charge in [0.15, 0.2) is 5.82 Å². The van der Waals surface area contributed by atoms with Crippen LogP contribution >= 0.6 is 0 Å². The van der Waals surface area contributed by atoms with Gasteiger partial charge in [-0.3, -0.25) is 24.5 Å². The van der Waals surface area contributed by atoms with Gasteiger partial charge in [0.05, 0.1) is 17.1 Å². The second-order valence-electron chi connectivity index (χ2n) is 8.18. The van der Waals surface area contributed by atoms with Crippen LogP contribution in [0.25, 0.3) is 0 Å². The Morgan fingerprint density at radius 3 is 2.44 bits per heavy atom. The topological polar surface area (TPSA) is 126 Å². The normalized spacial score (nSPS) is 17.1. The van der Waals surface area contributed by atoms with Crippen LogP contribution in [0.3, 0.4) is 0 Å². The van der Waals surface area contributed by atoms with Crippen molar-refractivity contribution in [3.05, 3.63) is 92.3 Å². The molecule has 0 radical (unpaired) electrons. The van der Waals surface area contributed by atoms with Crippen LogP contribution in [0.15, 0.2) is 70.5 Å². The maximum absolute atomic E-state index is 13.4. The molecule has 2 heterocycles. The molecule has 34 heavy (non-hydrogen) atoms. The molecule has 0 spiro atoms. The summed E-state index contributed by atoms with van der Waals surface area (Å²) in [5.41, 5.74) is 0.169. The van der Waals surface area contributed by atoms with Crippen molar-refractivity contribution in [2.45, 2.75) is 32.9 Å². The zero-order valence-corrected chi connectivity index (χ0v) is 18.7. The van der Waals surface area contributed by atoms with E-state index in [0.717, 1.165) is 4.68 Å². The van der Waals surface area contributed by atoms with Crippen molar-refractivity contribution >= 4 is 29.1 Å². The number of carbonyl (C=O) groups excluding carboxylic acids is 2. The lowest BCUT2D eigenvalue weighted by molar-refractivity contribution is -0.384. The Kier molecular flexibility index (Phi) is 5.97. The molecule has 3 aromatic rings. The number of aromatic nitrogens is 2. The van der Waals surface area contributed by atoms with Crippen molar-refractivity contribution in [1.29, 1.82) is 0 Å². The first-order valence-corrected chi connectivity index (χ1v) is 10.6. The Balaban J connectivity index is 1.98. The Morgan fingerprint density at radius 1 is 1.09 bits per heavy atom. The maximum atomic E-state index is 13.4. The molecule has 1 aliphatic rings. The number of nitrogens with zero attached hydrogens (tertiary/aromatic N) is 4. The molecule has 4 rings (SSSR count). The van der Waals surface area contributed by atoms with Crippen molar-refractivity contribution < 1.29 is 19.2 Å². The highest BCUT2D eigenvalue weighted by molar-refractivity contribution is 6.04. The molecule has 10 nitrogen and oxygen atoms in total. The van der Waals surface area contributed by atoms with Gasteiger partial charge in [-0.2, -0.15) is 4.68 Å². The van der Waals surface area contributed by atoms with Gasteiger partial charge in [-0.15, -0.1) is 0 Å². The molecule has 174 valence electrons. The van der Waals surface area contributed by atoms with Crippen LogP contribution in [-0.2, 0) is 9.53 Å². The third-order valence-electron chi connectivity index (χ3n) is 5.47. The van der Waals surface area contributed by atoms with Crippen molar-refractivity contribution in [2.24, 2.45) is 10.9 Å². The molecular formula is C24H22N4O6. The lowest BCUT2D eigenvalue weighted by Crippen LogP contribution is -2.42. The third kappa shape index (κ3) is 4.05. The average molecular weight is 462 g/mol. The van der Waals surface area contributed by atoms with E-state index in [4.69, 9.17) is 4.74 Å². The summed E-state index contributed by atoms with van der Waals surface area (Å²) >= 11 is 0. The number of hydrogen-bond acceptors (Lipinski definition) is 7. The summed E-state index contributed by atoms with van der Waals surface area (Å²) < 4.78 is 7.70. The van der Waals surface area contributed by atoms with Gasteiger partial charge < -0.3 is 4.74 Å². The van der Waals surface area contributed by atoms with Crippen molar-refractivity contribution in [2.75, 3.05) is 0 Å². The maximum Gasteiger partial charge on any atom is 0.317 e.